The zero-order valence-electron chi connectivity index (χ0n) is 13.6. The molecule has 2 atom stereocenters. The van der Waals surface area contributed by atoms with Crippen LogP contribution in [0, 0.1) is 5.82 Å². The Labute approximate surface area is 156 Å². The second kappa shape index (κ2) is 7.42. The van der Waals surface area contributed by atoms with E-state index in [4.69, 9.17) is 23.2 Å². The van der Waals surface area contributed by atoms with E-state index in [-0.39, 0.29) is 11.9 Å². The quantitative estimate of drug-likeness (QED) is 0.778. The maximum Gasteiger partial charge on any atom is 0.215 e. The highest BCUT2D eigenvalue weighted by molar-refractivity contribution is 6.31. The fourth-order valence-electron chi connectivity index (χ4n) is 3.07. The van der Waals surface area contributed by atoms with Crippen molar-refractivity contribution in [2.75, 3.05) is 7.05 Å². The van der Waals surface area contributed by atoms with Crippen molar-refractivity contribution >= 4 is 35.9 Å². The van der Waals surface area contributed by atoms with Crippen molar-refractivity contribution in [1.82, 2.24) is 10.3 Å². The van der Waals surface area contributed by atoms with Gasteiger partial charge in [-0.05, 0) is 36.2 Å². The number of benzene rings is 2. The minimum absolute atomic E-state index is 0.0883. The van der Waals surface area contributed by atoms with Crippen LogP contribution < -0.4 is 5.32 Å². The van der Waals surface area contributed by atoms with Crippen LogP contribution >= 0.6 is 23.2 Å². The van der Waals surface area contributed by atoms with Gasteiger partial charge in [0.05, 0.1) is 12.1 Å². The molecule has 0 radical (unpaired) electrons. The molecule has 0 amide bonds. The monoisotopic (exact) mass is 378 g/mol. The van der Waals surface area contributed by atoms with E-state index in [1.165, 1.54) is 6.07 Å². The molecule has 3 rings (SSSR count). The standard InChI is InChI=1S/C18H17Cl2FN4/c1-22-18-24-15(11-6-8-12(19)9-7-11)10-16(25(18)23-2)17-13(20)4-3-5-14(17)21/h3-9,15-16H,2,10H2,1H3,(H,22,24). The van der Waals surface area contributed by atoms with Gasteiger partial charge in [0.25, 0.3) is 0 Å². The smallest absolute Gasteiger partial charge is 0.215 e. The molecular weight excluding hydrogens is 362 g/mol. The highest BCUT2D eigenvalue weighted by Gasteiger charge is 2.36. The summed E-state index contributed by atoms with van der Waals surface area (Å²) < 4.78 is 14.5. The van der Waals surface area contributed by atoms with Crippen molar-refractivity contribution in [3.63, 3.8) is 0 Å². The van der Waals surface area contributed by atoms with Crippen LogP contribution in [0.1, 0.15) is 29.6 Å². The summed E-state index contributed by atoms with van der Waals surface area (Å²) in [5, 5.41) is 9.92. The van der Waals surface area contributed by atoms with E-state index in [0.717, 1.165) is 5.56 Å². The van der Waals surface area contributed by atoms with Gasteiger partial charge in [0.1, 0.15) is 5.82 Å². The third-order valence-electron chi connectivity index (χ3n) is 4.24. The highest BCUT2D eigenvalue weighted by atomic mass is 35.5. The van der Waals surface area contributed by atoms with Crippen molar-refractivity contribution in [3.8, 4) is 0 Å². The molecule has 130 valence electrons. The Morgan fingerprint density at radius 3 is 2.52 bits per heavy atom. The van der Waals surface area contributed by atoms with Crippen molar-refractivity contribution in [3.05, 3.63) is 69.5 Å². The summed E-state index contributed by atoms with van der Waals surface area (Å²) in [6.07, 6.45) is 0.542. The summed E-state index contributed by atoms with van der Waals surface area (Å²) in [7, 11) is 1.64. The summed E-state index contributed by atoms with van der Waals surface area (Å²) in [5.74, 6) is 0.129. The molecule has 2 aromatic rings. The molecule has 25 heavy (non-hydrogen) atoms. The van der Waals surface area contributed by atoms with Gasteiger partial charge in [0.15, 0.2) is 0 Å². The molecule has 1 aliphatic rings. The molecule has 0 aromatic heterocycles. The Morgan fingerprint density at radius 1 is 1.20 bits per heavy atom. The molecule has 0 aliphatic carbocycles. The Kier molecular flexibility index (Phi) is 5.25. The molecule has 7 heteroatoms. The largest absolute Gasteiger partial charge is 0.348 e. The molecule has 2 unspecified atom stereocenters. The van der Waals surface area contributed by atoms with Crippen molar-refractivity contribution in [2.24, 2.45) is 10.1 Å². The third-order valence-corrected chi connectivity index (χ3v) is 4.83. The van der Waals surface area contributed by atoms with Crippen LogP contribution in [-0.4, -0.2) is 24.7 Å². The van der Waals surface area contributed by atoms with Crippen LogP contribution in [0.4, 0.5) is 4.39 Å². The number of hydrogen-bond acceptors (Lipinski definition) is 2. The van der Waals surface area contributed by atoms with Crippen molar-refractivity contribution < 1.29 is 4.39 Å². The first-order chi connectivity index (χ1) is 12.0. The molecule has 2 aromatic carbocycles. The third kappa shape index (κ3) is 3.48. The molecule has 0 bridgehead atoms. The van der Waals surface area contributed by atoms with Crippen LogP contribution in [0.25, 0.3) is 0 Å². The fraction of sp³-hybridized carbons (Fsp3) is 0.222. The van der Waals surface area contributed by atoms with Gasteiger partial charge in [-0.15, -0.1) is 0 Å². The second-order valence-electron chi connectivity index (χ2n) is 5.67. The molecule has 4 nitrogen and oxygen atoms in total. The molecule has 1 aliphatic heterocycles. The van der Waals surface area contributed by atoms with E-state index in [1.807, 2.05) is 24.3 Å². The fourth-order valence-corrected chi connectivity index (χ4v) is 3.48. The van der Waals surface area contributed by atoms with E-state index >= 15 is 0 Å². The molecule has 1 heterocycles. The lowest BCUT2D eigenvalue weighted by molar-refractivity contribution is 0.240. The van der Waals surface area contributed by atoms with Crippen LogP contribution in [0.2, 0.25) is 10.0 Å². The number of halogens is 3. The van der Waals surface area contributed by atoms with Crippen molar-refractivity contribution in [1.29, 1.82) is 0 Å². The summed E-state index contributed by atoms with van der Waals surface area (Å²) in [4.78, 5) is 4.23. The number of guanidine groups is 1. The second-order valence-corrected chi connectivity index (χ2v) is 6.51. The highest BCUT2D eigenvalue weighted by Crippen LogP contribution is 2.39. The lowest BCUT2D eigenvalue weighted by Crippen LogP contribution is -2.48. The Hall–Kier alpha value is -2.11. The molecule has 0 spiro atoms. The van der Waals surface area contributed by atoms with E-state index < -0.39 is 6.04 Å². The summed E-state index contributed by atoms with van der Waals surface area (Å²) >= 11 is 12.3. The van der Waals surface area contributed by atoms with Gasteiger partial charge in [0, 0.05) is 29.4 Å². The van der Waals surface area contributed by atoms with Crippen LogP contribution in [0.5, 0.6) is 0 Å². The number of aliphatic imine (C=N–C) groups is 1. The molecule has 1 fully saturated rings. The van der Waals surface area contributed by atoms with Gasteiger partial charge in [-0.25, -0.2) is 9.40 Å². The normalized spacial score (nSPS) is 21.9. The first-order valence-electron chi connectivity index (χ1n) is 7.73. The Bertz CT molecular complexity index is 787. The number of hydrogen-bond donors (Lipinski definition) is 1. The topological polar surface area (TPSA) is 40.0 Å². The number of hydrazone groups is 1. The first kappa shape index (κ1) is 17.7. The number of rotatable bonds is 3. The predicted molar refractivity (Wildman–Crippen MR) is 101 cm³/mol. The average molecular weight is 379 g/mol. The molecule has 0 saturated carbocycles. The van der Waals surface area contributed by atoms with Crippen LogP contribution in [0.3, 0.4) is 0 Å². The zero-order chi connectivity index (χ0) is 18.0. The van der Waals surface area contributed by atoms with Crippen LogP contribution in [0.15, 0.2) is 52.6 Å². The van der Waals surface area contributed by atoms with Crippen LogP contribution in [-0.2, 0) is 0 Å². The number of nitrogens with one attached hydrogen (secondary N) is 1. The van der Waals surface area contributed by atoms with Gasteiger partial charge in [-0.3, -0.25) is 4.99 Å². The minimum atomic E-state index is -0.424. The summed E-state index contributed by atoms with van der Waals surface area (Å²) in [6, 6.07) is 11.7. The average Bonchev–Trinajstić information content (AvgIpc) is 2.61. The number of nitrogens with zero attached hydrogens (tertiary/aromatic N) is 3. The van der Waals surface area contributed by atoms with Gasteiger partial charge in [0.2, 0.25) is 5.96 Å². The van der Waals surface area contributed by atoms with E-state index in [1.54, 1.807) is 24.2 Å². The minimum Gasteiger partial charge on any atom is -0.348 e. The van der Waals surface area contributed by atoms with E-state index in [0.29, 0.717) is 28.0 Å². The predicted octanol–water partition coefficient (Wildman–Crippen LogP) is 4.81. The lowest BCUT2D eigenvalue weighted by atomic mass is 9.92. The van der Waals surface area contributed by atoms with E-state index in [9.17, 15) is 4.39 Å². The molecular formula is C18H17Cl2FN4. The summed E-state index contributed by atoms with van der Waals surface area (Å²) in [5.41, 5.74) is 1.41. The van der Waals surface area contributed by atoms with Gasteiger partial charge in [-0.2, -0.15) is 5.10 Å². The molecule has 1 saturated heterocycles. The Balaban J connectivity index is 2.05. The first-order valence-corrected chi connectivity index (χ1v) is 8.49. The van der Waals surface area contributed by atoms with Gasteiger partial charge >= 0.3 is 0 Å². The summed E-state index contributed by atoms with van der Waals surface area (Å²) in [6.45, 7) is 3.60. The molecule has 1 N–H and O–H groups in total. The SMILES string of the molecule is C=NN1C(=NC)NC(c2ccc(Cl)cc2)CC1c1c(F)cccc1Cl. The maximum atomic E-state index is 14.5. The van der Waals surface area contributed by atoms with Crippen molar-refractivity contribution in [2.45, 2.75) is 18.5 Å². The lowest BCUT2D eigenvalue weighted by Gasteiger charge is -2.39. The Morgan fingerprint density at radius 2 is 1.92 bits per heavy atom. The van der Waals surface area contributed by atoms with E-state index in [2.05, 4.69) is 22.1 Å². The zero-order valence-corrected chi connectivity index (χ0v) is 15.1. The van der Waals surface area contributed by atoms with Gasteiger partial charge < -0.3 is 5.32 Å². The maximum absolute atomic E-state index is 14.5. The van der Waals surface area contributed by atoms with Gasteiger partial charge in [-0.1, -0.05) is 41.4 Å².